The number of nitrogens with one attached hydrogen (secondary N) is 3. The van der Waals surface area contributed by atoms with Gasteiger partial charge in [-0.2, -0.15) is 0 Å². The predicted octanol–water partition coefficient (Wildman–Crippen LogP) is -12.5. The van der Waals surface area contributed by atoms with E-state index in [4.69, 9.17) is 47.4 Å². The van der Waals surface area contributed by atoms with Crippen molar-refractivity contribution < 1.29 is 138 Å². The molecule has 5 heterocycles. The molecule has 0 radical (unpaired) electrons. The van der Waals surface area contributed by atoms with Crippen LogP contribution in [-0.2, 0) is 61.8 Å². The van der Waals surface area contributed by atoms with Crippen LogP contribution in [0.3, 0.4) is 0 Å². The van der Waals surface area contributed by atoms with Crippen molar-refractivity contribution in [2.24, 2.45) is 0 Å². The van der Waals surface area contributed by atoms with Crippen LogP contribution in [0, 0.1) is 0 Å². The molecule has 5 fully saturated rings. The number of aliphatic hydroxyl groups excluding tert-OH is 15. The lowest BCUT2D eigenvalue weighted by atomic mass is 9.94. The Labute approximate surface area is 391 Å². The van der Waals surface area contributed by atoms with Crippen molar-refractivity contribution in [3.63, 3.8) is 0 Å². The molecular weight excluding hydrogens is 946 g/mol. The number of aliphatic hydroxyl groups is 15. The Morgan fingerprint density at radius 1 is 0.478 bits per heavy atom. The fraction of sp³-hybridized carbons (Fsp3) is 0.921. The number of carbonyl (C=O) groups is 3. The monoisotopic (exact) mass is 1010 g/mol. The van der Waals surface area contributed by atoms with Gasteiger partial charge in [-0.15, -0.1) is 0 Å². The van der Waals surface area contributed by atoms with Gasteiger partial charge < -0.3 is 140 Å². The van der Waals surface area contributed by atoms with E-state index in [2.05, 4.69) is 16.0 Å². The average Bonchev–Trinajstić information content (AvgIpc) is 3.32. The van der Waals surface area contributed by atoms with E-state index in [1.165, 1.54) is 0 Å². The van der Waals surface area contributed by atoms with E-state index in [1.807, 2.05) is 0 Å². The number of ether oxygens (including phenoxy) is 10. The molecule has 5 rings (SSSR count). The molecular formula is C38H65N3O28. The van der Waals surface area contributed by atoms with Gasteiger partial charge in [-0.05, 0) is 0 Å². The Balaban J connectivity index is 1.42. The van der Waals surface area contributed by atoms with E-state index in [9.17, 15) is 91.0 Å². The first-order chi connectivity index (χ1) is 32.7. The summed E-state index contributed by atoms with van der Waals surface area (Å²) in [5.74, 6) is -1.56. The lowest BCUT2D eigenvalue weighted by Gasteiger charge is -2.49. The highest BCUT2D eigenvalue weighted by atomic mass is 16.8. The van der Waals surface area contributed by atoms with Gasteiger partial charge in [-0.3, -0.25) is 14.4 Å². The third-order valence-corrected chi connectivity index (χ3v) is 12.1. The first kappa shape index (κ1) is 57.3. The Kier molecular flexibility index (Phi) is 21.5. The highest BCUT2D eigenvalue weighted by Crippen LogP contribution is 2.35. The zero-order chi connectivity index (χ0) is 51.0. The van der Waals surface area contributed by atoms with Crippen molar-refractivity contribution in [2.45, 2.75) is 173 Å². The standard InChI is InChI=1S/C38H65N3O28/c1-11(48)40-19-24(53)21(50)14(4-43)62-35(19)69-33-23(52)18(66-38(30(33)59)68-32-17(7-46)65-36(29(58)27(32)56)60-8-13(3-42)39-10-47)9-61-34-20(41-12(2)49)25(54)31(16(6-45)64-34)67-37-28(57)26(55)22(51)15(5-44)63-37/h10,13-38,42-46,50-59H,3-9H2,1-2H3,(H,39,47)(H,40,48)(H,41,49)/t13-,14-,15-,16-,17-,18-,19-,20-,21-,22+,23+,24-,25-,26+,27-,28-,29-,30-,31-,32-,33+,34-,35+,36-,37+,38+/m1/s1. The number of hydrogen-bond donors (Lipinski definition) is 18. The minimum Gasteiger partial charge on any atom is -0.394 e. The number of amides is 3. The van der Waals surface area contributed by atoms with E-state index in [-0.39, 0.29) is 6.41 Å². The van der Waals surface area contributed by atoms with Crippen LogP contribution in [0.2, 0.25) is 0 Å². The molecule has 0 aromatic rings. The van der Waals surface area contributed by atoms with Crippen LogP contribution in [0.5, 0.6) is 0 Å². The summed E-state index contributed by atoms with van der Waals surface area (Å²) in [4.78, 5) is 35.5. The van der Waals surface area contributed by atoms with E-state index in [1.54, 1.807) is 0 Å². The van der Waals surface area contributed by atoms with Crippen molar-refractivity contribution in [1.82, 2.24) is 16.0 Å². The van der Waals surface area contributed by atoms with E-state index >= 15 is 0 Å². The highest BCUT2D eigenvalue weighted by Gasteiger charge is 2.56. The van der Waals surface area contributed by atoms with Crippen LogP contribution >= 0.6 is 0 Å². The van der Waals surface area contributed by atoms with Gasteiger partial charge in [0.05, 0.1) is 52.3 Å². The lowest BCUT2D eigenvalue weighted by Crippen LogP contribution is -2.69. The quantitative estimate of drug-likeness (QED) is 0.0475. The van der Waals surface area contributed by atoms with Gasteiger partial charge in [-0.25, -0.2) is 0 Å². The molecule has 31 nitrogen and oxygen atoms in total. The van der Waals surface area contributed by atoms with Gasteiger partial charge in [0.15, 0.2) is 31.5 Å². The van der Waals surface area contributed by atoms with Gasteiger partial charge in [-0.1, -0.05) is 0 Å². The summed E-state index contributed by atoms with van der Waals surface area (Å²) in [5.41, 5.74) is 0. The highest BCUT2D eigenvalue weighted by molar-refractivity contribution is 5.73. The fourth-order valence-electron chi connectivity index (χ4n) is 8.32. The smallest absolute Gasteiger partial charge is 0.217 e. The molecule has 0 spiro atoms. The molecule has 18 N–H and O–H groups in total. The molecule has 26 atom stereocenters. The normalized spacial score (nSPS) is 45.6. The van der Waals surface area contributed by atoms with Gasteiger partial charge in [0.1, 0.15) is 122 Å². The lowest BCUT2D eigenvalue weighted by molar-refractivity contribution is -0.380. The fourth-order valence-corrected chi connectivity index (χ4v) is 8.32. The van der Waals surface area contributed by atoms with Crippen molar-refractivity contribution in [3.8, 4) is 0 Å². The minimum atomic E-state index is -2.19. The Morgan fingerprint density at radius 3 is 1.46 bits per heavy atom. The molecule has 0 aromatic carbocycles. The van der Waals surface area contributed by atoms with Crippen molar-refractivity contribution in [2.75, 3.05) is 46.2 Å². The van der Waals surface area contributed by atoms with Crippen LogP contribution in [-0.4, -0.2) is 301 Å². The van der Waals surface area contributed by atoms with E-state index < -0.39 is 218 Å². The summed E-state index contributed by atoms with van der Waals surface area (Å²) < 4.78 is 57.3. The zero-order valence-corrected chi connectivity index (χ0v) is 37.1. The third-order valence-electron chi connectivity index (χ3n) is 12.1. The molecule has 400 valence electrons. The molecule has 0 unspecified atom stereocenters. The van der Waals surface area contributed by atoms with Crippen molar-refractivity contribution >= 4 is 18.2 Å². The minimum absolute atomic E-state index is 0.274. The first-order valence-corrected chi connectivity index (χ1v) is 21.8. The largest absolute Gasteiger partial charge is 0.394 e. The summed E-state index contributed by atoms with van der Waals surface area (Å²) in [5, 5.41) is 167. The number of rotatable bonds is 21. The molecule has 69 heavy (non-hydrogen) atoms. The summed E-state index contributed by atoms with van der Waals surface area (Å²) in [7, 11) is 0. The molecule has 31 heteroatoms. The van der Waals surface area contributed by atoms with Crippen LogP contribution in [0.15, 0.2) is 0 Å². The van der Waals surface area contributed by atoms with Gasteiger partial charge >= 0.3 is 0 Å². The average molecular weight is 1010 g/mol. The predicted molar refractivity (Wildman–Crippen MR) is 214 cm³/mol. The second kappa shape index (κ2) is 25.9. The van der Waals surface area contributed by atoms with Crippen molar-refractivity contribution in [3.05, 3.63) is 0 Å². The number of hydrogen-bond acceptors (Lipinski definition) is 28. The summed E-state index contributed by atoms with van der Waals surface area (Å²) in [6.07, 6.45) is -42.1. The molecule has 5 saturated heterocycles. The Morgan fingerprint density at radius 2 is 0.928 bits per heavy atom. The third kappa shape index (κ3) is 13.3. The SMILES string of the molecule is CC(=O)N[C@H]1[C@H](OC[C@H]2O[C@@H](O[C@H]3[C@H](O)[C@@H](O)[C@H](OC[C@@H](CO)NC=O)O[C@@H]3CO)[C@H](O)[C@@H](O[C@@H]3O[C@H](CO)[C@@H](O)[C@H](O)[C@H]3NC(C)=O)[C@H]2O)O[C@H](CO)[C@@H](O[C@@H]2O[C@H](CO)[C@H](O)[C@H](O)[C@H]2O)[C@@H]1O. The van der Waals surface area contributed by atoms with Crippen LogP contribution in [0.4, 0.5) is 0 Å². The molecule has 0 saturated carbocycles. The molecule has 0 aromatic heterocycles. The Bertz CT molecular complexity index is 1610. The molecule has 3 amide bonds. The maximum absolute atomic E-state index is 12.4. The topological polar surface area (TPSA) is 483 Å². The molecule has 5 aliphatic rings. The summed E-state index contributed by atoms with van der Waals surface area (Å²) >= 11 is 0. The van der Waals surface area contributed by atoms with E-state index in [0.29, 0.717) is 0 Å². The van der Waals surface area contributed by atoms with Crippen molar-refractivity contribution in [1.29, 1.82) is 0 Å². The van der Waals surface area contributed by atoms with Gasteiger partial charge in [0.2, 0.25) is 18.2 Å². The zero-order valence-electron chi connectivity index (χ0n) is 37.1. The second-order valence-corrected chi connectivity index (χ2v) is 16.9. The molecule has 0 aliphatic carbocycles. The molecule has 0 bridgehead atoms. The van der Waals surface area contributed by atoms with Crippen LogP contribution in [0.25, 0.3) is 0 Å². The number of carbonyl (C=O) groups excluding carboxylic acids is 3. The van der Waals surface area contributed by atoms with Crippen LogP contribution < -0.4 is 16.0 Å². The van der Waals surface area contributed by atoms with Crippen LogP contribution in [0.1, 0.15) is 13.8 Å². The Hall–Kier alpha value is -2.59. The second-order valence-electron chi connectivity index (χ2n) is 16.9. The first-order valence-electron chi connectivity index (χ1n) is 21.8. The maximum Gasteiger partial charge on any atom is 0.217 e. The van der Waals surface area contributed by atoms with Gasteiger partial charge in [0.25, 0.3) is 0 Å². The maximum atomic E-state index is 12.4. The van der Waals surface area contributed by atoms with E-state index in [0.717, 1.165) is 13.8 Å². The summed E-state index contributed by atoms with van der Waals surface area (Å²) in [6.45, 7) is -3.49. The van der Waals surface area contributed by atoms with Gasteiger partial charge in [0, 0.05) is 13.8 Å². The molecule has 5 aliphatic heterocycles. The summed E-state index contributed by atoms with van der Waals surface area (Å²) in [6, 6.07) is -4.24.